The van der Waals surface area contributed by atoms with Crippen LogP contribution in [0.3, 0.4) is 0 Å². The fraction of sp³-hybridized carbons (Fsp3) is 0.0556. The number of aromatic nitrogens is 3. The number of carbonyl (C=O) groups is 1. The summed E-state index contributed by atoms with van der Waals surface area (Å²) in [6.07, 6.45) is 7.16. The summed E-state index contributed by atoms with van der Waals surface area (Å²) >= 11 is 1.58. The highest BCUT2D eigenvalue weighted by atomic mass is 32.1. The van der Waals surface area contributed by atoms with Gasteiger partial charge in [-0.2, -0.15) is 0 Å². The minimum absolute atomic E-state index is 0.0733. The lowest BCUT2D eigenvalue weighted by molar-refractivity contribution is -0.118. The van der Waals surface area contributed by atoms with E-state index in [1.807, 2.05) is 46.4 Å². The van der Waals surface area contributed by atoms with Crippen molar-refractivity contribution >= 4 is 27.9 Å². The molecule has 0 aliphatic rings. The highest BCUT2D eigenvalue weighted by Crippen LogP contribution is 2.24. The molecule has 0 fully saturated rings. The molecule has 0 unspecified atom stereocenters. The first-order valence-corrected chi connectivity index (χ1v) is 8.51. The summed E-state index contributed by atoms with van der Waals surface area (Å²) in [7, 11) is 0. The third-order valence-electron chi connectivity index (χ3n) is 3.54. The molecule has 7 heteroatoms. The smallest absolute Gasteiger partial charge is 0.262 e. The van der Waals surface area contributed by atoms with E-state index in [-0.39, 0.29) is 12.5 Å². The van der Waals surface area contributed by atoms with Crippen LogP contribution >= 0.6 is 11.3 Å². The fourth-order valence-electron chi connectivity index (χ4n) is 2.40. The van der Waals surface area contributed by atoms with Gasteiger partial charge in [-0.25, -0.2) is 4.98 Å². The van der Waals surface area contributed by atoms with E-state index in [1.54, 1.807) is 35.9 Å². The quantitative estimate of drug-likeness (QED) is 0.598. The van der Waals surface area contributed by atoms with Crippen LogP contribution in [0.1, 0.15) is 0 Å². The molecule has 124 valence electrons. The number of pyridine rings is 1. The van der Waals surface area contributed by atoms with Gasteiger partial charge in [0.05, 0.1) is 11.9 Å². The molecule has 6 nitrogen and oxygen atoms in total. The van der Waals surface area contributed by atoms with E-state index in [1.165, 1.54) is 0 Å². The number of hydrogen-bond acceptors (Lipinski definition) is 5. The number of amides is 1. The predicted octanol–water partition coefficient (Wildman–Crippen LogP) is 3.48. The summed E-state index contributed by atoms with van der Waals surface area (Å²) in [5, 5.41) is 4.82. The van der Waals surface area contributed by atoms with E-state index in [4.69, 9.17) is 4.74 Å². The van der Waals surface area contributed by atoms with Crippen molar-refractivity contribution < 1.29 is 9.53 Å². The average Bonchev–Trinajstić information content (AvgIpc) is 3.23. The molecule has 0 aliphatic carbocycles. The van der Waals surface area contributed by atoms with Gasteiger partial charge in [0, 0.05) is 35.2 Å². The first-order valence-electron chi connectivity index (χ1n) is 7.63. The Morgan fingerprint density at radius 3 is 3.08 bits per heavy atom. The second-order valence-electron chi connectivity index (χ2n) is 5.33. The van der Waals surface area contributed by atoms with Gasteiger partial charge in [0.2, 0.25) is 0 Å². The first kappa shape index (κ1) is 15.3. The van der Waals surface area contributed by atoms with Crippen LogP contribution in [0.2, 0.25) is 0 Å². The number of benzene rings is 1. The molecule has 0 spiro atoms. The van der Waals surface area contributed by atoms with Crippen molar-refractivity contribution in [1.29, 1.82) is 0 Å². The number of ether oxygens (including phenoxy) is 1. The number of rotatable bonds is 5. The van der Waals surface area contributed by atoms with E-state index in [9.17, 15) is 4.79 Å². The third-order valence-corrected chi connectivity index (χ3v) is 4.31. The number of anilines is 1. The largest absolute Gasteiger partial charge is 0.482 e. The molecular weight excluding hydrogens is 336 g/mol. The number of thiazole rings is 1. The van der Waals surface area contributed by atoms with Crippen molar-refractivity contribution in [3.8, 4) is 17.0 Å². The number of nitrogens with one attached hydrogen (secondary N) is 1. The van der Waals surface area contributed by atoms with Crippen LogP contribution in [0.25, 0.3) is 16.2 Å². The molecule has 3 heterocycles. The van der Waals surface area contributed by atoms with Gasteiger partial charge in [-0.3, -0.25) is 14.2 Å². The first-order chi connectivity index (χ1) is 12.3. The van der Waals surface area contributed by atoms with Gasteiger partial charge in [0.1, 0.15) is 5.75 Å². The molecule has 0 radical (unpaired) electrons. The Morgan fingerprint density at radius 1 is 1.28 bits per heavy atom. The molecule has 0 bridgehead atoms. The van der Waals surface area contributed by atoms with Crippen molar-refractivity contribution in [2.75, 3.05) is 11.9 Å². The van der Waals surface area contributed by atoms with Crippen LogP contribution in [0.4, 0.5) is 5.69 Å². The molecule has 0 atom stereocenters. The molecule has 0 saturated heterocycles. The standard InChI is InChI=1S/C18H14N4O2S/c23-17(12-24-15-5-2-6-19-10-15)20-14-4-1-3-13(9-14)16-11-22-7-8-25-18(22)21-16/h1-11H,12H2,(H,20,23). The maximum absolute atomic E-state index is 12.1. The van der Waals surface area contributed by atoms with Crippen LogP contribution in [-0.2, 0) is 4.79 Å². The zero-order valence-corrected chi connectivity index (χ0v) is 13.9. The summed E-state index contributed by atoms with van der Waals surface area (Å²) in [6, 6.07) is 11.1. The molecule has 4 rings (SSSR count). The molecule has 1 aromatic carbocycles. The Labute approximate surface area is 147 Å². The van der Waals surface area contributed by atoms with E-state index in [0.717, 1.165) is 16.2 Å². The van der Waals surface area contributed by atoms with Crippen molar-refractivity contribution in [3.05, 3.63) is 66.6 Å². The second kappa shape index (κ2) is 6.74. The summed E-state index contributed by atoms with van der Waals surface area (Å²) in [5.74, 6) is 0.330. The molecule has 25 heavy (non-hydrogen) atoms. The van der Waals surface area contributed by atoms with Crippen molar-refractivity contribution in [1.82, 2.24) is 14.4 Å². The average molecular weight is 350 g/mol. The lowest BCUT2D eigenvalue weighted by Crippen LogP contribution is -2.20. The van der Waals surface area contributed by atoms with Gasteiger partial charge in [-0.05, 0) is 24.3 Å². The second-order valence-corrected chi connectivity index (χ2v) is 6.20. The molecular formula is C18H14N4O2S. The zero-order valence-electron chi connectivity index (χ0n) is 13.1. The normalized spacial score (nSPS) is 10.7. The van der Waals surface area contributed by atoms with Gasteiger partial charge in [-0.15, -0.1) is 11.3 Å². The molecule has 1 amide bonds. The number of hydrogen-bond donors (Lipinski definition) is 1. The van der Waals surface area contributed by atoms with E-state index in [0.29, 0.717) is 11.4 Å². The Morgan fingerprint density at radius 2 is 2.24 bits per heavy atom. The summed E-state index contributed by atoms with van der Waals surface area (Å²) in [4.78, 5) is 21.5. The van der Waals surface area contributed by atoms with E-state index < -0.39 is 0 Å². The minimum Gasteiger partial charge on any atom is -0.482 e. The predicted molar refractivity (Wildman–Crippen MR) is 96.9 cm³/mol. The highest BCUT2D eigenvalue weighted by molar-refractivity contribution is 7.15. The van der Waals surface area contributed by atoms with Crippen molar-refractivity contribution in [2.24, 2.45) is 0 Å². The lowest BCUT2D eigenvalue weighted by atomic mass is 10.1. The Hall–Kier alpha value is -3.19. The maximum atomic E-state index is 12.1. The minimum atomic E-state index is -0.230. The SMILES string of the molecule is O=C(COc1cccnc1)Nc1cccc(-c2cn3ccsc3n2)c1. The number of nitrogens with zero attached hydrogens (tertiary/aromatic N) is 3. The number of carbonyl (C=O) groups excluding carboxylic acids is 1. The summed E-state index contributed by atoms with van der Waals surface area (Å²) in [6.45, 7) is -0.0733. The van der Waals surface area contributed by atoms with Crippen LogP contribution in [0, 0.1) is 0 Å². The molecule has 1 N–H and O–H groups in total. The van der Waals surface area contributed by atoms with Crippen LogP contribution in [-0.4, -0.2) is 26.9 Å². The van der Waals surface area contributed by atoms with Gasteiger partial charge in [-0.1, -0.05) is 12.1 Å². The molecule has 0 saturated carbocycles. The van der Waals surface area contributed by atoms with Crippen LogP contribution < -0.4 is 10.1 Å². The maximum Gasteiger partial charge on any atom is 0.262 e. The highest BCUT2D eigenvalue weighted by Gasteiger charge is 2.08. The Bertz CT molecular complexity index is 982. The monoisotopic (exact) mass is 350 g/mol. The van der Waals surface area contributed by atoms with E-state index >= 15 is 0 Å². The lowest BCUT2D eigenvalue weighted by Gasteiger charge is -2.08. The summed E-state index contributed by atoms with van der Waals surface area (Å²) < 4.78 is 7.37. The topological polar surface area (TPSA) is 68.5 Å². The zero-order chi connectivity index (χ0) is 17.1. The van der Waals surface area contributed by atoms with E-state index in [2.05, 4.69) is 15.3 Å². The fourth-order valence-corrected chi connectivity index (χ4v) is 3.10. The van der Waals surface area contributed by atoms with Crippen LogP contribution in [0.15, 0.2) is 66.6 Å². The number of fused-ring (bicyclic) bond motifs is 1. The molecule has 4 aromatic rings. The van der Waals surface area contributed by atoms with Gasteiger partial charge in [0.25, 0.3) is 5.91 Å². The Balaban J connectivity index is 1.44. The van der Waals surface area contributed by atoms with Gasteiger partial charge < -0.3 is 10.1 Å². The third kappa shape index (κ3) is 3.51. The summed E-state index contributed by atoms with van der Waals surface area (Å²) in [5.41, 5.74) is 2.52. The Kier molecular flexibility index (Phi) is 4.14. The van der Waals surface area contributed by atoms with Gasteiger partial charge in [0.15, 0.2) is 11.6 Å². The number of imidazole rings is 1. The molecule has 0 aliphatic heterocycles. The van der Waals surface area contributed by atoms with Gasteiger partial charge >= 0.3 is 0 Å². The van der Waals surface area contributed by atoms with Crippen molar-refractivity contribution in [3.63, 3.8) is 0 Å². The van der Waals surface area contributed by atoms with Crippen LogP contribution in [0.5, 0.6) is 5.75 Å². The van der Waals surface area contributed by atoms with Crippen molar-refractivity contribution in [2.45, 2.75) is 0 Å². The molecule has 3 aromatic heterocycles.